The highest BCUT2D eigenvalue weighted by Gasteiger charge is 2.31. The lowest BCUT2D eigenvalue weighted by Crippen LogP contribution is -1.95. The molecule has 0 aromatic heterocycles. The molecular formula is C36H26Br2. The second-order valence-corrected chi connectivity index (χ2v) is 12.5. The van der Waals surface area contributed by atoms with Crippen LogP contribution in [0, 0.1) is 27.7 Å². The maximum absolute atomic E-state index is 3.85. The van der Waals surface area contributed by atoms with Crippen LogP contribution in [0.3, 0.4) is 0 Å². The van der Waals surface area contributed by atoms with Gasteiger partial charge in [-0.3, -0.25) is 0 Å². The van der Waals surface area contributed by atoms with Crippen LogP contribution in [0.1, 0.15) is 22.3 Å². The van der Waals surface area contributed by atoms with Crippen LogP contribution in [0.4, 0.5) is 0 Å². The summed E-state index contributed by atoms with van der Waals surface area (Å²) in [6.07, 6.45) is 0. The van der Waals surface area contributed by atoms with Crippen molar-refractivity contribution in [3.63, 3.8) is 0 Å². The largest absolute Gasteiger partial charge is 0.0610 e. The van der Waals surface area contributed by atoms with Crippen LogP contribution in [-0.4, -0.2) is 0 Å². The second kappa shape index (κ2) is 8.66. The Hall–Kier alpha value is -3.20. The molecule has 6 aromatic rings. The molecule has 184 valence electrons. The van der Waals surface area contributed by atoms with Crippen LogP contribution in [0.2, 0.25) is 0 Å². The molecule has 0 atom stereocenters. The summed E-state index contributed by atoms with van der Waals surface area (Å²) in [6, 6.07) is 32.0. The quantitative estimate of drug-likeness (QED) is 0.181. The minimum absolute atomic E-state index is 1.10. The van der Waals surface area contributed by atoms with E-state index in [1.54, 1.807) is 0 Å². The Bertz CT molecular complexity index is 1940. The third kappa shape index (κ3) is 3.54. The van der Waals surface area contributed by atoms with E-state index in [1.807, 2.05) is 0 Å². The molecule has 0 saturated carbocycles. The first-order valence-corrected chi connectivity index (χ1v) is 14.6. The third-order valence-electron chi connectivity index (χ3n) is 7.82. The van der Waals surface area contributed by atoms with Crippen molar-refractivity contribution in [2.24, 2.45) is 0 Å². The van der Waals surface area contributed by atoms with Crippen molar-refractivity contribution in [2.75, 3.05) is 0 Å². The summed E-state index contributed by atoms with van der Waals surface area (Å²) in [7, 11) is 0. The SMILES string of the molecule is Cc1cc(C)cc(-c2c3c(c(-c4cc(C)cc(C)c4)c4cc(Br)ccc24)-c2cccc4c(Br)ccc-3c24)c1. The predicted octanol–water partition coefficient (Wildman–Crippen LogP) is 11.7. The van der Waals surface area contributed by atoms with Gasteiger partial charge in [0.15, 0.2) is 0 Å². The van der Waals surface area contributed by atoms with Gasteiger partial charge in [-0.1, -0.05) is 121 Å². The highest BCUT2D eigenvalue weighted by atomic mass is 79.9. The van der Waals surface area contributed by atoms with Gasteiger partial charge in [0.1, 0.15) is 0 Å². The van der Waals surface area contributed by atoms with Gasteiger partial charge < -0.3 is 0 Å². The van der Waals surface area contributed by atoms with Crippen molar-refractivity contribution in [3.8, 4) is 44.5 Å². The standard InChI is InChI=1S/C36H26Br2/c1-19-12-20(2)15-23(14-19)32-26-9-8-25(37)18-30(26)33(24-16-21(3)13-22(4)17-24)35-28-7-5-6-27-31(38)11-10-29(34(27)28)36(32)35/h5-18H,1-4H3. The number of hydrogen-bond donors (Lipinski definition) is 0. The zero-order valence-corrected chi connectivity index (χ0v) is 25.0. The smallest absolute Gasteiger partial charge is 0.0254 e. The molecule has 0 heterocycles. The summed E-state index contributed by atoms with van der Waals surface area (Å²) in [5.74, 6) is 0. The van der Waals surface area contributed by atoms with Crippen LogP contribution in [-0.2, 0) is 0 Å². The van der Waals surface area contributed by atoms with Crippen molar-refractivity contribution in [1.29, 1.82) is 0 Å². The van der Waals surface area contributed by atoms with E-state index in [4.69, 9.17) is 0 Å². The van der Waals surface area contributed by atoms with E-state index in [0.29, 0.717) is 0 Å². The fourth-order valence-electron chi connectivity index (χ4n) is 6.62. The molecule has 2 heteroatoms. The number of fused-ring (bicyclic) bond motifs is 4. The second-order valence-electron chi connectivity index (χ2n) is 10.8. The molecule has 0 bridgehead atoms. The Kier molecular flexibility index (Phi) is 5.44. The molecule has 38 heavy (non-hydrogen) atoms. The van der Waals surface area contributed by atoms with E-state index in [1.165, 1.54) is 88.3 Å². The number of benzene rings is 6. The van der Waals surface area contributed by atoms with Crippen LogP contribution < -0.4 is 0 Å². The highest BCUT2D eigenvalue weighted by Crippen LogP contribution is 2.58. The third-order valence-corrected chi connectivity index (χ3v) is 9.00. The Morgan fingerprint density at radius 1 is 0.447 bits per heavy atom. The first-order chi connectivity index (χ1) is 18.3. The number of rotatable bonds is 2. The van der Waals surface area contributed by atoms with E-state index >= 15 is 0 Å². The van der Waals surface area contributed by atoms with Gasteiger partial charge >= 0.3 is 0 Å². The molecule has 6 aromatic carbocycles. The average Bonchev–Trinajstić information content (AvgIpc) is 3.18. The van der Waals surface area contributed by atoms with Crippen LogP contribution >= 0.6 is 31.9 Å². The van der Waals surface area contributed by atoms with E-state index in [9.17, 15) is 0 Å². The first kappa shape index (κ1) is 23.9. The minimum Gasteiger partial charge on any atom is -0.0610 e. The van der Waals surface area contributed by atoms with Gasteiger partial charge in [0.05, 0.1) is 0 Å². The minimum atomic E-state index is 1.10. The van der Waals surface area contributed by atoms with Crippen LogP contribution in [0.25, 0.3) is 66.1 Å². The first-order valence-electron chi connectivity index (χ1n) is 13.0. The molecule has 0 saturated heterocycles. The van der Waals surface area contributed by atoms with Gasteiger partial charge in [0, 0.05) is 8.95 Å². The van der Waals surface area contributed by atoms with Crippen molar-refractivity contribution in [2.45, 2.75) is 27.7 Å². The summed E-state index contributed by atoms with van der Waals surface area (Å²) in [5.41, 5.74) is 15.7. The lowest BCUT2D eigenvalue weighted by molar-refractivity contribution is 1.38. The predicted molar refractivity (Wildman–Crippen MR) is 171 cm³/mol. The molecule has 0 nitrogen and oxygen atoms in total. The van der Waals surface area contributed by atoms with Gasteiger partial charge in [-0.2, -0.15) is 0 Å². The number of halogens is 2. The van der Waals surface area contributed by atoms with Crippen LogP contribution in [0.5, 0.6) is 0 Å². The Balaban J connectivity index is 1.78. The molecule has 0 N–H and O–H groups in total. The Morgan fingerprint density at radius 2 is 1.00 bits per heavy atom. The molecule has 0 spiro atoms. The van der Waals surface area contributed by atoms with Gasteiger partial charge in [-0.25, -0.2) is 0 Å². The lowest BCUT2D eigenvalue weighted by Gasteiger charge is -2.21. The molecule has 1 aliphatic carbocycles. The summed E-state index contributed by atoms with van der Waals surface area (Å²) < 4.78 is 2.23. The summed E-state index contributed by atoms with van der Waals surface area (Å²) >= 11 is 7.66. The maximum atomic E-state index is 3.85. The molecular weight excluding hydrogens is 592 g/mol. The molecule has 7 rings (SSSR count). The summed E-state index contributed by atoms with van der Waals surface area (Å²) in [5, 5.41) is 5.16. The van der Waals surface area contributed by atoms with E-state index < -0.39 is 0 Å². The maximum Gasteiger partial charge on any atom is 0.0254 e. The fourth-order valence-corrected chi connectivity index (χ4v) is 7.45. The molecule has 0 radical (unpaired) electrons. The van der Waals surface area contributed by atoms with Crippen molar-refractivity contribution in [3.05, 3.63) is 116 Å². The summed E-state index contributed by atoms with van der Waals surface area (Å²) in [4.78, 5) is 0. The van der Waals surface area contributed by atoms with Gasteiger partial charge in [0.25, 0.3) is 0 Å². The molecule has 1 aliphatic rings. The normalized spacial score (nSPS) is 11.9. The average molecular weight is 618 g/mol. The number of hydrogen-bond acceptors (Lipinski definition) is 0. The van der Waals surface area contributed by atoms with Crippen molar-refractivity contribution >= 4 is 53.4 Å². The molecule has 0 fully saturated rings. The lowest BCUT2D eigenvalue weighted by atomic mass is 9.81. The van der Waals surface area contributed by atoms with Gasteiger partial charge in [-0.05, 0) is 112 Å². The monoisotopic (exact) mass is 616 g/mol. The summed E-state index contributed by atoms with van der Waals surface area (Å²) in [6.45, 7) is 8.80. The molecule has 0 aliphatic heterocycles. The van der Waals surface area contributed by atoms with E-state index in [2.05, 4.69) is 144 Å². The fraction of sp³-hybridized carbons (Fsp3) is 0.111. The van der Waals surface area contributed by atoms with Crippen molar-refractivity contribution < 1.29 is 0 Å². The molecule has 0 unspecified atom stereocenters. The van der Waals surface area contributed by atoms with Crippen LogP contribution in [0.15, 0.2) is 93.9 Å². The van der Waals surface area contributed by atoms with Crippen molar-refractivity contribution in [1.82, 2.24) is 0 Å². The Morgan fingerprint density at radius 3 is 1.61 bits per heavy atom. The van der Waals surface area contributed by atoms with E-state index in [0.717, 1.165) is 8.95 Å². The van der Waals surface area contributed by atoms with Gasteiger partial charge in [0.2, 0.25) is 0 Å². The Labute approximate surface area is 240 Å². The zero-order valence-electron chi connectivity index (χ0n) is 21.8. The molecule has 0 amide bonds. The van der Waals surface area contributed by atoms with Gasteiger partial charge in [-0.15, -0.1) is 0 Å². The highest BCUT2D eigenvalue weighted by molar-refractivity contribution is 9.11. The topological polar surface area (TPSA) is 0 Å². The number of aryl methyl sites for hydroxylation is 4. The zero-order chi connectivity index (χ0) is 26.3. The van der Waals surface area contributed by atoms with E-state index in [-0.39, 0.29) is 0 Å².